The number of para-hydroxylation sites is 2. The maximum absolute atomic E-state index is 6.72. The molecule has 0 unspecified atom stereocenters. The highest BCUT2D eigenvalue weighted by Crippen LogP contribution is 2.42. The zero-order valence-electron chi connectivity index (χ0n) is 26.7. The molecule has 7 aromatic carbocycles. The second-order valence-corrected chi connectivity index (χ2v) is 12.4. The van der Waals surface area contributed by atoms with Crippen LogP contribution in [0.15, 0.2) is 173 Å². The third-order valence-corrected chi connectivity index (χ3v) is 9.35. The fourth-order valence-electron chi connectivity index (χ4n) is 6.91. The van der Waals surface area contributed by atoms with Crippen LogP contribution in [0, 0.1) is 0 Å². The molecule has 3 aromatic heterocycles. The van der Waals surface area contributed by atoms with Gasteiger partial charge in [-0.2, -0.15) is 0 Å². The Morgan fingerprint density at radius 3 is 1.40 bits per heavy atom. The number of furan rings is 2. The lowest BCUT2D eigenvalue weighted by atomic mass is 9.99. The summed E-state index contributed by atoms with van der Waals surface area (Å²) in [5.41, 5.74) is 10.3. The van der Waals surface area contributed by atoms with Crippen molar-refractivity contribution in [3.8, 4) is 56.4 Å². The predicted octanol–water partition coefficient (Wildman–Crippen LogP) is 12.0. The molecule has 0 aliphatic heterocycles. The quantitative estimate of drug-likeness (QED) is 0.187. The Balaban J connectivity index is 1.12. The van der Waals surface area contributed by atoms with E-state index in [2.05, 4.69) is 91.0 Å². The number of hydrogen-bond donors (Lipinski definition) is 0. The highest BCUT2D eigenvalue weighted by atomic mass is 16.3. The summed E-state index contributed by atoms with van der Waals surface area (Å²) in [6, 6.07) is 55.7. The fourth-order valence-corrected chi connectivity index (χ4v) is 6.91. The van der Waals surface area contributed by atoms with Crippen molar-refractivity contribution in [1.82, 2.24) is 15.0 Å². The number of nitrogens with zero attached hydrogens (tertiary/aromatic N) is 3. The standard InChI is InChI=1S/C45H27N3O2/c1-4-12-28(13-5-1)31-23-25-39-38(26-31)37-21-11-20-36(42(37)49-39)35-19-10-18-34-33-24-22-32(27-40(33)50-41(34)35)45-47-43(29-14-6-2-7-15-29)46-44(48-45)30-16-8-3-9-17-30/h1-27H. The molecule has 0 bridgehead atoms. The highest BCUT2D eigenvalue weighted by molar-refractivity contribution is 6.15. The monoisotopic (exact) mass is 641 g/mol. The number of aromatic nitrogens is 3. The van der Waals surface area contributed by atoms with Crippen LogP contribution >= 0.6 is 0 Å². The average molecular weight is 642 g/mol. The molecule has 10 aromatic rings. The molecule has 3 heterocycles. The van der Waals surface area contributed by atoms with Crippen molar-refractivity contribution in [2.45, 2.75) is 0 Å². The van der Waals surface area contributed by atoms with Gasteiger partial charge in [0.05, 0.1) is 0 Å². The molecule has 0 radical (unpaired) electrons. The first-order chi connectivity index (χ1) is 24.8. The summed E-state index contributed by atoms with van der Waals surface area (Å²) in [5.74, 6) is 1.83. The number of fused-ring (bicyclic) bond motifs is 6. The van der Waals surface area contributed by atoms with Crippen molar-refractivity contribution in [3.05, 3.63) is 164 Å². The number of benzene rings is 7. The van der Waals surface area contributed by atoms with Gasteiger partial charge in [-0.1, -0.05) is 140 Å². The van der Waals surface area contributed by atoms with Gasteiger partial charge in [0.25, 0.3) is 0 Å². The Kier molecular flexibility index (Phi) is 6.42. The highest BCUT2D eigenvalue weighted by Gasteiger charge is 2.19. The summed E-state index contributed by atoms with van der Waals surface area (Å²) in [4.78, 5) is 14.7. The van der Waals surface area contributed by atoms with E-state index in [1.165, 1.54) is 5.56 Å². The van der Waals surface area contributed by atoms with Gasteiger partial charge in [-0.15, -0.1) is 0 Å². The smallest absolute Gasteiger partial charge is 0.164 e. The number of rotatable bonds is 5. The molecule has 0 fully saturated rings. The normalized spacial score (nSPS) is 11.6. The van der Waals surface area contributed by atoms with Gasteiger partial charge < -0.3 is 8.83 Å². The molecule has 0 saturated heterocycles. The molecule has 0 N–H and O–H groups in total. The van der Waals surface area contributed by atoms with Crippen LogP contribution in [0.5, 0.6) is 0 Å². The minimum atomic E-state index is 0.585. The van der Waals surface area contributed by atoms with Gasteiger partial charge in [0.1, 0.15) is 22.3 Å². The molecule has 0 saturated carbocycles. The second-order valence-electron chi connectivity index (χ2n) is 12.4. The van der Waals surface area contributed by atoms with Gasteiger partial charge in [0.15, 0.2) is 17.5 Å². The van der Waals surface area contributed by atoms with Crippen molar-refractivity contribution in [1.29, 1.82) is 0 Å². The third-order valence-electron chi connectivity index (χ3n) is 9.35. The van der Waals surface area contributed by atoms with Gasteiger partial charge in [-0.3, -0.25) is 0 Å². The van der Waals surface area contributed by atoms with Crippen molar-refractivity contribution in [3.63, 3.8) is 0 Å². The van der Waals surface area contributed by atoms with Crippen LogP contribution in [0.2, 0.25) is 0 Å². The van der Waals surface area contributed by atoms with Crippen molar-refractivity contribution < 1.29 is 8.83 Å². The molecule has 0 aliphatic carbocycles. The lowest BCUT2D eigenvalue weighted by Gasteiger charge is -2.08. The van der Waals surface area contributed by atoms with Gasteiger partial charge >= 0.3 is 0 Å². The van der Waals surface area contributed by atoms with E-state index in [4.69, 9.17) is 23.8 Å². The Labute approximate surface area is 287 Å². The SMILES string of the molecule is c1ccc(-c2ccc3oc4c(-c5cccc6c5oc5cc(-c7nc(-c8ccccc8)nc(-c8ccccc8)n7)ccc56)cccc4c3c2)cc1. The molecule has 5 nitrogen and oxygen atoms in total. The van der Waals surface area contributed by atoms with Crippen LogP contribution in [-0.4, -0.2) is 15.0 Å². The average Bonchev–Trinajstić information content (AvgIpc) is 3.76. The Morgan fingerprint density at radius 1 is 0.300 bits per heavy atom. The molecular weight excluding hydrogens is 615 g/mol. The summed E-state index contributed by atoms with van der Waals surface area (Å²) < 4.78 is 13.3. The molecule has 0 spiro atoms. The van der Waals surface area contributed by atoms with E-state index in [-0.39, 0.29) is 0 Å². The van der Waals surface area contributed by atoms with Crippen molar-refractivity contribution in [2.75, 3.05) is 0 Å². The lowest BCUT2D eigenvalue weighted by Crippen LogP contribution is -2.00. The van der Waals surface area contributed by atoms with Crippen molar-refractivity contribution >= 4 is 43.9 Å². The Morgan fingerprint density at radius 2 is 0.800 bits per heavy atom. The summed E-state index contributed by atoms with van der Waals surface area (Å²) in [5, 5.41) is 4.22. The van der Waals surface area contributed by atoms with Crippen LogP contribution in [0.4, 0.5) is 0 Å². The Bertz CT molecular complexity index is 2800. The molecule has 0 atom stereocenters. The minimum Gasteiger partial charge on any atom is -0.455 e. The van der Waals surface area contributed by atoms with Gasteiger partial charge in [-0.25, -0.2) is 15.0 Å². The molecule has 50 heavy (non-hydrogen) atoms. The van der Waals surface area contributed by atoms with E-state index in [0.717, 1.165) is 77.3 Å². The van der Waals surface area contributed by atoms with Crippen LogP contribution in [0.3, 0.4) is 0 Å². The predicted molar refractivity (Wildman–Crippen MR) is 202 cm³/mol. The summed E-state index contributed by atoms with van der Waals surface area (Å²) in [6.45, 7) is 0. The number of hydrogen-bond acceptors (Lipinski definition) is 5. The first-order valence-corrected chi connectivity index (χ1v) is 16.6. The van der Waals surface area contributed by atoms with Crippen LogP contribution in [0.1, 0.15) is 0 Å². The zero-order valence-corrected chi connectivity index (χ0v) is 26.7. The molecular formula is C45H27N3O2. The summed E-state index contributed by atoms with van der Waals surface area (Å²) in [6.07, 6.45) is 0. The van der Waals surface area contributed by atoms with E-state index >= 15 is 0 Å². The van der Waals surface area contributed by atoms with Crippen LogP contribution in [0.25, 0.3) is 100 Å². The molecule has 10 rings (SSSR count). The van der Waals surface area contributed by atoms with Crippen molar-refractivity contribution in [2.24, 2.45) is 0 Å². The molecule has 0 aliphatic rings. The minimum absolute atomic E-state index is 0.585. The molecule has 0 amide bonds. The van der Waals surface area contributed by atoms with E-state index in [1.54, 1.807) is 0 Å². The summed E-state index contributed by atoms with van der Waals surface area (Å²) >= 11 is 0. The van der Waals surface area contributed by atoms with E-state index < -0.39 is 0 Å². The van der Waals surface area contributed by atoms with Gasteiger partial charge in [0, 0.05) is 49.4 Å². The molecule has 5 heteroatoms. The summed E-state index contributed by atoms with van der Waals surface area (Å²) in [7, 11) is 0. The maximum atomic E-state index is 6.72. The largest absolute Gasteiger partial charge is 0.455 e. The van der Waals surface area contributed by atoms with E-state index in [9.17, 15) is 0 Å². The van der Waals surface area contributed by atoms with E-state index in [0.29, 0.717) is 17.5 Å². The Hall–Kier alpha value is -6.85. The topological polar surface area (TPSA) is 65.0 Å². The lowest BCUT2D eigenvalue weighted by molar-refractivity contribution is 0.665. The fraction of sp³-hybridized carbons (Fsp3) is 0. The second kappa shape index (κ2) is 11.4. The van der Waals surface area contributed by atoms with E-state index in [1.807, 2.05) is 72.8 Å². The maximum Gasteiger partial charge on any atom is 0.164 e. The molecule has 234 valence electrons. The first kappa shape index (κ1) is 28.2. The third kappa shape index (κ3) is 4.67. The van der Waals surface area contributed by atoms with Crippen LogP contribution < -0.4 is 0 Å². The van der Waals surface area contributed by atoms with Gasteiger partial charge in [-0.05, 0) is 35.4 Å². The van der Waals surface area contributed by atoms with Crippen LogP contribution in [-0.2, 0) is 0 Å². The first-order valence-electron chi connectivity index (χ1n) is 16.6. The zero-order chi connectivity index (χ0) is 33.0. The van der Waals surface area contributed by atoms with Gasteiger partial charge in [0.2, 0.25) is 0 Å².